The molecule has 1 amide bonds. The number of esters is 1. The van der Waals surface area contributed by atoms with Crippen LogP contribution < -0.4 is 5.73 Å². The Bertz CT molecular complexity index is 613. The number of nitrogens with zero attached hydrogens (tertiary/aromatic N) is 1. The van der Waals surface area contributed by atoms with E-state index in [-0.39, 0.29) is 4.21 Å². The van der Waals surface area contributed by atoms with Crippen LogP contribution >= 0.6 is 22.9 Å². The number of hydrogen-bond donors (Lipinski definition) is 1. The molecule has 0 fully saturated rings. The standard InChI is InChI=1S/C10H13ClN2O5S2/c1-6(10(12)15)18-8(14)5-13(2)20(16,17)9-4-3-7(11)19-9/h3-4,6H,5H2,1-2H3,(H2,12,15)/t6-/m0/s1. The average Bonchev–Trinajstić information content (AvgIpc) is 2.75. The SMILES string of the molecule is C[C@H](OC(=O)CN(C)S(=O)(=O)c1ccc(Cl)s1)C(N)=O. The molecule has 0 saturated heterocycles. The lowest BCUT2D eigenvalue weighted by atomic mass is 10.4. The number of hydrogen-bond acceptors (Lipinski definition) is 6. The van der Waals surface area contributed by atoms with Gasteiger partial charge in [-0.15, -0.1) is 11.3 Å². The number of carbonyl (C=O) groups is 2. The lowest BCUT2D eigenvalue weighted by Gasteiger charge is -2.16. The summed E-state index contributed by atoms with van der Waals surface area (Å²) in [7, 11) is -2.60. The Morgan fingerprint density at radius 2 is 2.10 bits per heavy atom. The molecule has 0 saturated carbocycles. The van der Waals surface area contributed by atoms with E-state index in [4.69, 9.17) is 17.3 Å². The Labute approximate surface area is 125 Å². The maximum absolute atomic E-state index is 12.1. The number of rotatable bonds is 6. The third-order valence-electron chi connectivity index (χ3n) is 2.27. The van der Waals surface area contributed by atoms with Crippen molar-refractivity contribution in [3.05, 3.63) is 16.5 Å². The van der Waals surface area contributed by atoms with Crippen molar-refractivity contribution in [1.29, 1.82) is 0 Å². The minimum Gasteiger partial charge on any atom is -0.452 e. The number of thiophene rings is 1. The van der Waals surface area contributed by atoms with E-state index in [1.165, 1.54) is 26.1 Å². The van der Waals surface area contributed by atoms with Crippen LogP contribution in [0.4, 0.5) is 0 Å². The Morgan fingerprint density at radius 3 is 2.55 bits per heavy atom. The number of primary amides is 1. The van der Waals surface area contributed by atoms with E-state index < -0.39 is 34.5 Å². The number of amides is 1. The van der Waals surface area contributed by atoms with E-state index in [0.29, 0.717) is 4.34 Å². The van der Waals surface area contributed by atoms with Gasteiger partial charge in [-0.05, 0) is 19.1 Å². The van der Waals surface area contributed by atoms with Crippen LogP contribution in [-0.2, 0) is 24.3 Å². The van der Waals surface area contributed by atoms with Gasteiger partial charge in [-0.3, -0.25) is 9.59 Å². The van der Waals surface area contributed by atoms with Crippen LogP contribution in [0.5, 0.6) is 0 Å². The van der Waals surface area contributed by atoms with E-state index in [1.807, 2.05) is 0 Å². The van der Waals surface area contributed by atoms with Gasteiger partial charge in [-0.25, -0.2) is 8.42 Å². The highest BCUT2D eigenvalue weighted by molar-refractivity contribution is 7.91. The summed E-state index contributed by atoms with van der Waals surface area (Å²) in [6.45, 7) is 0.767. The smallest absolute Gasteiger partial charge is 0.322 e. The van der Waals surface area contributed by atoms with Crippen molar-refractivity contribution in [3.8, 4) is 0 Å². The van der Waals surface area contributed by atoms with Crippen molar-refractivity contribution in [3.63, 3.8) is 0 Å². The number of ether oxygens (including phenoxy) is 1. The predicted octanol–water partition coefficient (Wildman–Crippen LogP) is 0.439. The highest BCUT2D eigenvalue weighted by Crippen LogP contribution is 2.27. The summed E-state index contributed by atoms with van der Waals surface area (Å²) in [5.74, 6) is -1.68. The zero-order valence-electron chi connectivity index (χ0n) is 10.7. The van der Waals surface area contributed by atoms with E-state index in [9.17, 15) is 18.0 Å². The first-order valence-electron chi connectivity index (χ1n) is 5.35. The van der Waals surface area contributed by atoms with Gasteiger partial charge in [-0.1, -0.05) is 11.6 Å². The molecule has 1 rings (SSSR count). The second kappa shape index (κ2) is 6.53. The zero-order valence-corrected chi connectivity index (χ0v) is 13.1. The molecular weight excluding hydrogens is 328 g/mol. The van der Waals surface area contributed by atoms with E-state index >= 15 is 0 Å². The summed E-state index contributed by atoms with van der Waals surface area (Å²) in [5.41, 5.74) is 4.93. The molecule has 112 valence electrons. The average molecular weight is 341 g/mol. The quantitative estimate of drug-likeness (QED) is 0.756. The fourth-order valence-corrected chi connectivity index (χ4v) is 3.96. The minimum absolute atomic E-state index is 0.0146. The van der Waals surface area contributed by atoms with Gasteiger partial charge < -0.3 is 10.5 Å². The number of likely N-dealkylation sites (N-methyl/N-ethyl adjacent to an activating group) is 1. The predicted molar refractivity (Wildman–Crippen MR) is 73.9 cm³/mol. The maximum Gasteiger partial charge on any atom is 0.322 e. The maximum atomic E-state index is 12.1. The second-order valence-corrected chi connectivity index (χ2v) is 7.84. The monoisotopic (exact) mass is 340 g/mol. The van der Waals surface area contributed by atoms with Gasteiger partial charge in [0.05, 0.1) is 4.34 Å². The molecule has 0 unspecified atom stereocenters. The van der Waals surface area contributed by atoms with Gasteiger partial charge in [0.2, 0.25) is 0 Å². The molecule has 0 aliphatic heterocycles. The molecule has 2 N–H and O–H groups in total. The molecule has 0 spiro atoms. The van der Waals surface area contributed by atoms with Gasteiger partial charge in [-0.2, -0.15) is 4.31 Å². The Morgan fingerprint density at radius 1 is 1.50 bits per heavy atom. The fraction of sp³-hybridized carbons (Fsp3) is 0.400. The number of carbonyl (C=O) groups excluding carboxylic acids is 2. The molecule has 0 bridgehead atoms. The van der Waals surface area contributed by atoms with Gasteiger partial charge >= 0.3 is 5.97 Å². The molecular formula is C10H13ClN2O5S2. The summed E-state index contributed by atoms with van der Waals surface area (Å²) >= 11 is 6.55. The summed E-state index contributed by atoms with van der Waals surface area (Å²) in [6, 6.07) is 2.79. The number of nitrogens with two attached hydrogens (primary N) is 1. The number of sulfonamides is 1. The first kappa shape index (κ1) is 16.9. The molecule has 20 heavy (non-hydrogen) atoms. The molecule has 7 nitrogen and oxygen atoms in total. The van der Waals surface area contributed by atoms with Crippen LogP contribution in [0.3, 0.4) is 0 Å². The normalized spacial score (nSPS) is 13.2. The molecule has 0 aromatic carbocycles. The summed E-state index contributed by atoms with van der Waals surface area (Å²) in [6.07, 6.45) is -1.12. The minimum atomic E-state index is -3.82. The molecule has 0 radical (unpaired) electrons. The van der Waals surface area contributed by atoms with Gasteiger partial charge in [0.25, 0.3) is 15.9 Å². The van der Waals surface area contributed by atoms with E-state index in [1.54, 1.807) is 0 Å². The molecule has 0 aliphatic rings. The second-order valence-electron chi connectivity index (χ2n) is 3.85. The topological polar surface area (TPSA) is 107 Å². The van der Waals surface area contributed by atoms with Crippen LogP contribution in [0.2, 0.25) is 4.34 Å². The van der Waals surface area contributed by atoms with Gasteiger partial charge in [0.1, 0.15) is 10.8 Å². The zero-order chi connectivity index (χ0) is 15.5. The molecule has 1 aromatic rings. The van der Waals surface area contributed by atoms with Crippen LogP contribution in [-0.4, -0.2) is 44.3 Å². The summed E-state index contributed by atoms with van der Waals surface area (Å²) in [4.78, 5) is 22.2. The van der Waals surface area contributed by atoms with Gasteiger partial charge in [0, 0.05) is 7.05 Å². The first-order valence-corrected chi connectivity index (χ1v) is 7.98. The van der Waals surface area contributed by atoms with Crippen LogP contribution in [0.1, 0.15) is 6.92 Å². The lowest BCUT2D eigenvalue weighted by molar-refractivity contribution is -0.153. The van der Waals surface area contributed by atoms with Crippen molar-refractivity contribution in [2.24, 2.45) is 5.73 Å². The third-order valence-corrected chi connectivity index (χ3v) is 5.78. The van der Waals surface area contributed by atoms with E-state index in [0.717, 1.165) is 15.6 Å². The van der Waals surface area contributed by atoms with Crippen molar-refractivity contribution in [1.82, 2.24) is 4.31 Å². The number of halogens is 1. The van der Waals surface area contributed by atoms with Crippen LogP contribution in [0, 0.1) is 0 Å². The van der Waals surface area contributed by atoms with Gasteiger partial charge in [0.15, 0.2) is 6.10 Å². The fourth-order valence-electron chi connectivity index (χ4n) is 1.15. The molecule has 0 aliphatic carbocycles. The molecule has 10 heteroatoms. The first-order chi connectivity index (χ1) is 9.14. The lowest BCUT2D eigenvalue weighted by Crippen LogP contribution is -2.37. The van der Waals surface area contributed by atoms with Crippen LogP contribution in [0.15, 0.2) is 16.3 Å². The van der Waals surface area contributed by atoms with Crippen LogP contribution in [0.25, 0.3) is 0 Å². The summed E-state index contributed by atoms with van der Waals surface area (Å²) in [5, 5.41) is 0. The largest absolute Gasteiger partial charge is 0.452 e. The highest BCUT2D eigenvalue weighted by atomic mass is 35.5. The Kier molecular flexibility index (Phi) is 5.51. The van der Waals surface area contributed by atoms with Crippen molar-refractivity contribution in [2.45, 2.75) is 17.2 Å². The third kappa shape index (κ3) is 4.17. The Balaban J connectivity index is 2.73. The highest BCUT2D eigenvalue weighted by Gasteiger charge is 2.26. The van der Waals surface area contributed by atoms with Crippen molar-refractivity contribution in [2.75, 3.05) is 13.6 Å². The van der Waals surface area contributed by atoms with E-state index in [2.05, 4.69) is 4.74 Å². The molecule has 1 aromatic heterocycles. The van der Waals surface area contributed by atoms with Crippen molar-refractivity contribution < 1.29 is 22.7 Å². The molecule has 1 atom stereocenters. The Hall–Kier alpha value is -1.16. The molecule has 1 heterocycles. The van der Waals surface area contributed by atoms with Crippen molar-refractivity contribution >= 4 is 44.8 Å². The summed E-state index contributed by atoms with van der Waals surface area (Å²) < 4.78 is 30.0.